The van der Waals surface area contributed by atoms with Crippen LogP contribution in [0.15, 0.2) is 75.7 Å². The molecule has 1 aromatic heterocycles. The zero-order valence-electron chi connectivity index (χ0n) is 35.6. The maximum atomic E-state index is 13.5. The summed E-state index contributed by atoms with van der Waals surface area (Å²) in [5.74, 6) is -0.436. The lowest BCUT2D eigenvalue weighted by Gasteiger charge is -2.54. The third-order valence-electron chi connectivity index (χ3n) is 11.8. The number of allylic oxidation sites excluding steroid dienone is 1. The van der Waals surface area contributed by atoms with Gasteiger partial charge in [0.1, 0.15) is 5.82 Å². The van der Waals surface area contributed by atoms with E-state index in [0.29, 0.717) is 66.8 Å². The molecule has 0 spiro atoms. The molecule has 12 heteroatoms. The first-order valence-electron chi connectivity index (χ1n) is 20.5. The van der Waals surface area contributed by atoms with Gasteiger partial charge in [0, 0.05) is 59.7 Å². The number of amides is 1. The molecule has 2 aliphatic rings. The van der Waals surface area contributed by atoms with Crippen molar-refractivity contribution < 1.29 is 19.4 Å². The number of aromatic nitrogens is 1. The maximum Gasteiger partial charge on any atom is 0.355 e. The number of nitrogens with two attached hydrogens (primary N) is 1. The van der Waals surface area contributed by atoms with Gasteiger partial charge < -0.3 is 30.7 Å². The number of fused-ring (bicyclic) bond motifs is 1. The number of ether oxygens (including phenoxy) is 1. The van der Waals surface area contributed by atoms with Gasteiger partial charge in [0.15, 0.2) is 5.69 Å². The van der Waals surface area contributed by atoms with Crippen LogP contribution in [0.4, 0.5) is 11.5 Å². The van der Waals surface area contributed by atoms with E-state index >= 15 is 0 Å². The second-order valence-electron chi connectivity index (χ2n) is 17.0. The number of aromatic carboxylic acids is 1. The number of benzene rings is 2. The van der Waals surface area contributed by atoms with Gasteiger partial charge in [-0.3, -0.25) is 14.8 Å². The van der Waals surface area contributed by atoms with Gasteiger partial charge in [-0.2, -0.15) is 0 Å². The summed E-state index contributed by atoms with van der Waals surface area (Å²) in [5, 5.41) is 13.5. The first-order valence-corrected chi connectivity index (χ1v) is 21.5. The van der Waals surface area contributed by atoms with Gasteiger partial charge in [0.2, 0.25) is 0 Å². The summed E-state index contributed by atoms with van der Waals surface area (Å²) in [6.07, 6.45) is 8.21. The van der Waals surface area contributed by atoms with Gasteiger partial charge in [-0.1, -0.05) is 64.8 Å². The molecular formula is C46H63N7O4S. The van der Waals surface area contributed by atoms with Crippen LogP contribution in [0.3, 0.4) is 0 Å². The Morgan fingerprint density at radius 2 is 1.83 bits per heavy atom. The molecule has 0 saturated heterocycles. The van der Waals surface area contributed by atoms with Crippen LogP contribution in [-0.4, -0.2) is 91.1 Å². The summed E-state index contributed by atoms with van der Waals surface area (Å²) in [5.41, 5.74) is 10.9. The van der Waals surface area contributed by atoms with Gasteiger partial charge in [0.25, 0.3) is 5.91 Å². The summed E-state index contributed by atoms with van der Waals surface area (Å²) < 4.78 is 6.81. The fourth-order valence-corrected chi connectivity index (χ4v) is 9.98. The molecule has 1 saturated carbocycles. The van der Waals surface area contributed by atoms with Crippen LogP contribution in [0, 0.1) is 10.8 Å². The number of pyridine rings is 1. The van der Waals surface area contributed by atoms with Crippen LogP contribution in [-0.2, 0) is 17.7 Å². The maximum absolute atomic E-state index is 13.5. The number of hydrogen-bond donors (Lipinski definition) is 3. The highest BCUT2D eigenvalue weighted by Crippen LogP contribution is 2.55. The Morgan fingerprint density at radius 1 is 1.07 bits per heavy atom. The molecule has 3 atom stereocenters. The normalized spacial score (nSPS) is 22.4. The minimum Gasteiger partial charge on any atom is -0.476 e. The first kappa shape index (κ1) is 44.6. The van der Waals surface area contributed by atoms with E-state index in [1.54, 1.807) is 6.07 Å². The van der Waals surface area contributed by atoms with Crippen LogP contribution in [0.2, 0.25) is 0 Å². The van der Waals surface area contributed by atoms with Crippen LogP contribution >= 0.6 is 11.8 Å². The number of anilines is 1. The van der Waals surface area contributed by atoms with E-state index in [0.717, 1.165) is 66.8 Å². The number of carboxylic acid groups (broad SMARTS) is 1. The molecule has 0 bridgehead atoms. The summed E-state index contributed by atoms with van der Waals surface area (Å²) in [6.45, 7) is 17.9. The number of carboxylic acids is 1. The van der Waals surface area contributed by atoms with E-state index in [4.69, 9.17) is 20.4 Å². The lowest BCUT2D eigenvalue weighted by atomic mass is 9.56. The molecule has 1 fully saturated rings. The number of aliphatic imine (C=N–C) groups is 2. The Bertz CT molecular complexity index is 2020. The lowest BCUT2D eigenvalue weighted by Crippen LogP contribution is -2.51. The molecule has 3 unspecified atom stereocenters. The molecule has 1 aliphatic heterocycles. The third-order valence-corrected chi connectivity index (χ3v) is 12.8. The van der Waals surface area contributed by atoms with Crippen molar-refractivity contribution in [3.8, 4) is 0 Å². The highest BCUT2D eigenvalue weighted by Gasteiger charge is 2.50. The molecule has 312 valence electrons. The number of rotatable bonds is 18. The molecule has 11 nitrogen and oxygen atoms in total. The molecule has 0 radical (unpaired) electrons. The Kier molecular flexibility index (Phi) is 15.0. The van der Waals surface area contributed by atoms with Crippen molar-refractivity contribution in [2.45, 2.75) is 96.6 Å². The largest absolute Gasteiger partial charge is 0.476 e. The number of nitrogens with one attached hydrogen (secondary N) is 1. The highest BCUT2D eigenvalue weighted by molar-refractivity contribution is 7.99. The summed E-state index contributed by atoms with van der Waals surface area (Å²) in [6, 6.07) is 17.1. The SMILES string of the molecule is C=Nc1ccccc1SCNC(=O)c1cccc2c1CN(c1ccc(C(=CN)C(C)=NCC3(C)CC(C)(CC)CC(CCC)(OCCN(C)C)C3)c(C(=O)O)n1)CC2. The fourth-order valence-electron chi connectivity index (χ4n) is 9.17. The lowest BCUT2D eigenvalue weighted by molar-refractivity contribution is -0.143. The van der Waals surface area contributed by atoms with Gasteiger partial charge in [-0.05, 0) is 112 Å². The van der Waals surface area contributed by atoms with Crippen LogP contribution in [0.5, 0.6) is 0 Å². The van der Waals surface area contributed by atoms with Crippen molar-refractivity contribution >= 4 is 53.1 Å². The average molecular weight is 810 g/mol. The van der Waals surface area contributed by atoms with Gasteiger partial charge in [0.05, 0.1) is 23.8 Å². The molecule has 58 heavy (non-hydrogen) atoms. The molecule has 1 amide bonds. The fraction of sp³-hybridized carbons (Fsp3) is 0.500. The highest BCUT2D eigenvalue weighted by atomic mass is 32.2. The Balaban J connectivity index is 1.34. The van der Waals surface area contributed by atoms with Crippen molar-refractivity contribution in [2.24, 2.45) is 26.5 Å². The second-order valence-corrected chi connectivity index (χ2v) is 18.0. The first-order chi connectivity index (χ1) is 27.7. The van der Waals surface area contributed by atoms with Crippen molar-refractivity contribution in [3.05, 3.63) is 88.7 Å². The summed E-state index contributed by atoms with van der Waals surface area (Å²) >= 11 is 1.49. The number of nitrogens with zero attached hydrogens (tertiary/aromatic N) is 5. The van der Waals surface area contributed by atoms with Crippen molar-refractivity contribution in [1.29, 1.82) is 0 Å². The van der Waals surface area contributed by atoms with Gasteiger partial charge in [-0.25, -0.2) is 9.78 Å². The molecule has 1 aliphatic carbocycles. The topological polar surface area (TPSA) is 146 Å². The van der Waals surface area contributed by atoms with Gasteiger partial charge >= 0.3 is 5.97 Å². The molecular weight excluding hydrogens is 747 g/mol. The second kappa shape index (κ2) is 19.5. The van der Waals surface area contributed by atoms with E-state index in [-0.39, 0.29) is 28.0 Å². The number of carbonyl (C=O) groups excluding carboxylic acids is 1. The average Bonchev–Trinajstić information content (AvgIpc) is 3.19. The Labute approximate surface area is 349 Å². The molecule has 2 aromatic carbocycles. The van der Waals surface area contributed by atoms with E-state index in [1.165, 1.54) is 18.0 Å². The Morgan fingerprint density at radius 3 is 2.52 bits per heavy atom. The number of carbonyl (C=O) groups is 2. The number of hydrogen-bond acceptors (Lipinski definition) is 10. The van der Waals surface area contributed by atoms with E-state index in [1.807, 2.05) is 60.4 Å². The molecule has 5 rings (SSSR count). The number of para-hydroxylation sites is 1. The monoisotopic (exact) mass is 809 g/mol. The van der Waals surface area contributed by atoms with Crippen molar-refractivity contribution in [1.82, 2.24) is 15.2 Å². The molecule has 3 aromatic rings. The minimum atomic E-state index is -1.15. The van der Waals surface area contributed by atoms with Crippen molar-refractivity contribution in [3.63, 3.8) is 0 Å². The zero-order chi connectivity index (χ0) is 42.1. The standard InChI is InChI=1S/C46H63N7O4S/c1-9-21-46(57-24-23-52(7)8)28-44(4,10-2)27-45(5,29-46)30-49-32(3)36(25-47)34-18-19-40(51-41(34)43(55)56)53-22-20-33-14-13-15-35(37(33)26-53)42(54)50-31-58-39-17-12-11-16-38(39)48-6/h11-19,25H,6,9-10,20-24,26-31,47H2,1-5,7-8H3,(H,50,54)(H,55,56). The van der Waals surface area contributed by atoms with E-state index in [9.17, 15) is 14.7 Å². The van der Waals surface area contributed by atoms with Gasteiger partial charge in [-0.15, -0.1) is 11.8 Å². The smallest absolute Gasteiger partial charge is 0.355 e. The minimum absolute atomic E-state index is 0.0920. The Hall–Kier alpha value is -4.52. The molecule has 2 heterocycles. The predicted octanol–water partition coefficient (Wildman–Crippen LogP) is 8.64. The predicted molar refractivity (Wildman–Crippen MR) is 239 cm³/mol. The van der Waals surface area contributed by atoms with Crippen LogP contribution < -0.4 is 16.0 Å². The third kappa shape index (κ3) is 10.7. The number of likely N-dealkylation sites (N-methyl/N-ethyl adjacent to an activating group) is 1. The molecule has 4 N–H and O–H groups in total. The van der Waals surface area contributed by atoms with Crippen LogP contribution in [0.1, 0.15) is 111 Å². The quantitative estimate of drug-likeness (QED) is 0.0653. The van der Waals surface area contributed by atoms with E-state index < -0.39 is 5.97 Å². The van der Waals surface area contributed by atoms with Crippen molar-refractivity contribution in [2.75, 3.05) is 51.1 Å². The summed E-state index contributed by atoms with van der Waals surface area (Å²) in [4.78, 5) is 45.4. The number of thioether (sulfide) groups is 1. The summed E-state index contributed by atoms with van der Waals surface area (Å²) in [7, 11) is 4.15. The van der Waals surface area contributed by atoms with Crippen LogP contribution in [0.25, 0.3) is 5.57 Å². The van der Waals surface area contributed by atoms with E-state index in [2.05, 4.69) is 63.7 Å². The zero-order valence-corrected chi connectivity index (χ0v) is 36.4.